The number of piperazine rings is 1. The van der Waals surface area contributed by atoms with Crippen LogP contribution in [0.3, 0.4) is 0 Å². The van der Waals surface area contributed by atoms with Crippen LogP contribution in [-0.2, 0) is 9.59 Å². The highest BCUT2D eigenvalue weighted by Crippen LogP contribution is 2.32. The van der Waals surface area contributed by atoms with Gasteiger partial charge in [0.05, 0.1) is 29.1 Å². The molecule has 0 aliphatic carbocycles. The summed E-state index contributed by atoms with van der Waals surface area (Å²) in [6.45, 7) is 2.82. The van der Waals surface area contributed by atoms with Crippen LogP contribution in [0.25, 0.3) is 0 Å². The normalized spacial score (nSPS) is 19.5. The zero-order chi connectivity index (χ0) is 24.4. The molecule has 8 heteroatoms. The summed E-state index contributed by atoms with van der Waals surface area (Å²) in [5, 5.41) is 11.1. The molecule has 0 radical (unpaired) electrons. The maximum absolute atomic E-state index is 13.2. The van der Waals surface area contributed by atoms with Gasteiger partial charge in [0.15, 0.2) is 0 Å². The van der Waals surface area contributed by atoms with Crippen LogP contribution in [0, 0.1) is 10.1 Å². The largest absolute Gasteiger partial charge is 0.290 e. The van der Waals surface area contributed by atoms with E-state index in [-0.39, 0.29) is 35.7 Å². The number of nitrogens with zero attached hydrogens (tertiary/aromatic N) is 4. The number of hydrogen-bond donors (Lipinski definition) is 0. The molecule has 5 rings (SSSR count). The molecule has 2 saturated heterocycles. The van der Waals surface area contributed by atoms with Crippen LogP contribution < -0.4 is 4.90 Å². The number of amides is 2. The minimum absolute atomic E-state index is 0.0856. The maximum atomic E-state index is 13.2. The van der Waals surface area contributed by atoms with E-state index in [1.165, 1.54) is 29.3 Å². The third-order valence-electron chi connectivity index (χ3n) is 6.81. The number of carbonyl (C=O) groups is 2. The first-order chi connectivity index (χ1) is 17.0. The minimum Gasteiger partial charge on any atom is -0.290 e. The Balaban J connectivity index is 1.31. The molecular formula is C27H26N4O4. The van der Waals surface area contributed by atoms with Crippen molar-refractivity contribution in [3.8, 4) is 0 Å². The zero-order valence-corrected chi connectivity index (χ0v) is 19.2. The second-order valence-corrected chi connectivity index (χ2v) is 8.86. The van der Waals surface area contributed by atoms with Gasteiger partial charge in [-0.05, 0) is 17.2 Å². The van der Waals surface area contributed by atoms with Crippen molar-refractivity contribution >= 4 is 23.2 Å². The van der Waals surface area contributed by atoms with Crippen molar-refractivity contribution in [3.63, 3.8) is 0 Å². The van der Waals surface area contributed by atoms with Crippen LogP contribution in [0.4, 0.5) is 11.4 Å². The Morgan fingerprint density at radius 3 is 1.97 bits per heavy atom. The van der Waals surface area contributed by atoms with Crippen molar-refractivity contribution in [2.24, 2.45) is 0 Å². The maximum Gasteiger partial charge on any atom is 0.271 e. The molecule has 2 amide bonds. The van der Waals surface area contributed by atoms with E-state index in [1.54, 1.807) is 6.07 Å². The quantitative estimate of drug-likeness (QED) is 0.311. The fraction of sp³-hybridized carbons (Fsp3) is 0.259. The van der Waals surface area contributed by atoms with Gasteiger partial charge >= 0.3 is 0 Å². The number of nitro benzene ring substituents is 1. The van der Waals surface area contributed by atoms with Crippen molar-refractivity contribution < 1.29 is 14.5 Å². The third kappa shape index (κ3) is 4.58. The van der Waals surface area contributed by atoms with Gasteiger partial charge in [0.25, 0.3) is 11.6 Å². The number of hydrogen-bond acceptors (Lipinski definition) is 6. The molecule has 2 fully saturated rings. The van der Waals surface area contributed by atoms with Crippen LogP contribution >= 0.6 is 0 Å². The van der Waals surface area contributed by atoms with Gasteiger partial charge in [-0.3, -0.25) is 29.5 Å². The summed E-state index contributed by atoms with van der Waals surface area (Å²) in [6, 6.07) is 26.0. The van der Waals surface area contributed by atoms with E-state index in [0.717, 1.165) is 18.0 Å². The number of anilines is 1. The average molecular weight is 471 g/mol. The molecule has 0 saturated carbocycles. The Hall–Kier alpha value is -3.88. The second kappa shape index (κ2) is 9.77. The fourth-order valence-corrected chi connectivity index (χ4v) is 5.11. The van der Waals surface area contributed by atoms with E-state index in [1.807, 2.05) is 36.4 Å². The third-order valence-corrected chi connectivity index (χ3v) is 6.81. The zero-order valence-electron chi connectivity index (χ0n) is 19.2. The number of nitro groups is 1. The van der Waals surface area contributed by atoms with Crippen molar-refractivity contribution in [2.45, 2.75) is 18.5 Å². The van der Waals surface area contributed by atoms with Crippen LogP contribution in [0.5, 0.6) is 0 Å². The first-order valence-electron chi connectivity index (χ1n) is 11.7. The Kier molecular flexibility index (Phi) is 6.39. The first kappa shape index (κ1) is 22.9. The molecule has 2 aliphatic rings. The standard InChI is InChI=1S/C27H26N4O4/c32-25-19-24(27(33)30(25)22-12-7-13-23(18-22)31(34)35)28-14-16-29(17-15-28)26(20-8-3-1-4-9-20)21-10-5-2-6-11-21/h1-13,18,24,26H,14-17,19H2/t24-/m1/s1. The summed E-state index contributed by atoms with van der Waals surface area (Å²) in [5.74, 6) is -0.638. The Morgan fingerprint density at radius 2 is 1.40 bits per heavy atom. The summed E-state index contributed by atoms with van der Waals surface area (Å²) in [7, 11) is 0. The van der Waals surface area contributed by atoms with Gasteiger partial charge in [-0.1, -0.05) is 66.7 Å². The van der Waals surface area contributed by atoms with Crippen molar-refractivity contribution in [3.05, 3.63) is 106 Å². The lowest BCUT2D eigenvalue weighted by molar-refractivity contribution is -0.384. The monoisotopic (exact) mass is 470 g/mol. The molecule has 2 heterocycles. The summed E-state index contributed by atoms with van der Waals surface area (Å²) in [5.41, 5.74) is 2.55. The minimum atomic E-state index is -0.546. The molecular weight excluding hydrogens is 444 g/mol. The SMILES string of the molecule is O=C1C[C@@H](N2CCN(C(c3ccccc3)c3ccccc3)CC2)C(=O)N1c1cccc([N+](=O)[O-])c1. The van der Waals surface area contributed by atoms with E-state index in [9.17, 15) is 19.7 Å². The van der Waals surface area contributed by atoms with Crippen molar-refractivity contribution in [2.75, 3.05) is 31.1 Å². The molecule has 0 aromatic heterocycles. The predicted octanol–water partition coefficient (Wildman–Crippen LogP) is 3.63. The Morgan fingerprint density at radius 1 is 0.800 bits per heavy atom. The highest BCUT2D eigenvalue weighted by molar-refractivity contribution is 6.22. The molecule has 35 heavy (non-hydrogen) atoms. The average Bonchev–Trinajstić information content (AvgIpc) is 3.19. The summed E-state index contributed by atoms with van der Waals surface area (Å²) >= 11 is 0. The molecule has 0 spiro atoms. The lowest BCUT2D eigenvalue weighted by atomic mass is 9.96. The van der Waals surface area contributed by atoms with E-state index >= 15 is 0 Å². The van der Waals surface area contributed by atoms with E-state index in [0.29, 0.717) is 13.1 Å². The molecule has 178 valence electrons. The summed E-state index contributed by atoms with van der Waals surface area (Å²) in [6.07, 6.45) is 0.0856. The summed E-state index contributed by atoms with van der Waals surface area (Å²) in [4.78, 5) is 42.2. The fourth-order valence-electron chi connectivity index (χ4n) is 5.11. The van der Waals surface area contributed by atoms with Gasteiger partial charge in [-0.25, -0.2) is 4.90 Å². The highest BCUT2D eigenvalue weighted by Gasteiger charge is 2.44. The Bertz CT molecular complexity index is 1190. The first-order valence-corrected chi connectivity index (χ1v) is 11.7. The van der Waals surface area contributed by atoms with Crippen LogP contribution in [0.15, 0.2) is 84.9 Å². The number of rotatable bonds is 6. The number of benzene rings is 3. The highest BCUT2D eigenvalue weighted by atomic mass is 16.6. The molecule has 0 N–H and O–H groups in total. The smallest absolute Gasteiger partial charge is 0.271 e. The van der Waals surface area contributed by atoms with Gasteiger partial charge in [0, 0.05) is 38.3 Å². The molecule has 0 bridgehead atoms. The van der Waals surface area contributed by atoms with E-state index < -0.39 is 11.0 Å². The van der Waals surface area contributed by atoms with Gasteiger partial charge in [0.2, 0.25) is 5.91 Å². The number of non-ortho nitro benzene ring substituents is 1. The van der Waals surface area contributed by atoms with Gasteiger partial charge in [0.1, 0.15) is 0 Å². The topological polar surface area (TPSA) is 87.0 Å². The molecule has 0 unspecified atom stereocenters. The number of carbonyl (C=O) groups excluding carboxylic acids is 2. The van der Waals surface area contributed by atoms with Gasteiger partial charge in [-0.15, -0.1) is 0 Å². The van der Waals surface area contributed by atoms with E-state index in [2.05, 4.69) is 34.1 Å². The van der Waals surface area contributed by atoms with Gasteiger partial charge < -0.3 is 0 Å². The molecule has 3 aromatic carbocycles. The predicted molar refractivity (Wildman–Crippen MR) is 132 cm³/mol. The number of imide groups is 1. The van der Waals surface area contributed by atoms with Crippen LogP contribution in [0.2, 0.25) is 0 Å². The lowest BCUT2D eigenvalue weighted by Crippen LogP contribution is -2.53. The molecule has 3 aromatic rings. The second-order valence-electron chi connectivity index (χ2n) is 8.86. The summed E-state index contributed by atoms with van der Waals surface area (Å²) < 4.78 is 0. The van der Waals surface area contributed by atoms with E-state index in [4.69, 9.17) is 0 Å². The lowest BCUT2D eigenvalue weighted by Gasteiger charge is -2.41. The van der Waals surface area contributed by atoms with Crippen molar-refractivity contribution in [1.29, 1.82) is 0 Å². The Labute approximate surface area is 203 Å². The van der Waals surface area contributed by atoms with Crippen LogP contribution in [-0.4, -0.2) is 58.8 Å². The molecule has 1 atom stereocenters. The van der Waals surface area contributed by atoms with Gasteiger partial charge in [-0.2, -0.15) is 0 Å². The molecule has 8 nitrogen and oxygen atoms in total. The van der Waals surface area contributed by atoms with Crippen molar-refractivity contribution in [1.82, 2.24) is 9.80 Å². The van der Waals surface area contributed by atoms with Crippen LogP contribution in [0.1, 0.15) is 23.6 Å². The molecule has 2 aliphatic heterocycles.